The number of ether oxygens (including phenoxy) is 2. The Kier molecular flexibility index (Phi) is 5.48. The molecule has 0 saturated heterocycles. The number of hydrogen-bond acceptors (Lipinski definition) is 6. The number of methoxy groups -OCH3 is 1. The van der Waals surface area contributed by atoms with Crippen molar-refractivity contribution in [1.29, 1.82) is 0 Å². The summed E-state index contributed by atoms with van der Waals surface area (Å²) in [5.74, 6) is 1.79. The minimum Gasteiger partial charge on any atom is -0.497 e. The molecule has 1 N–H and O–H groups in total. The van der Waals surface area contributed by atoms with E-state index in [1.807, 2.05) is 56.3 Å². The molecule has 0 spiro atoms. The predicted octanol–water partition coefficient (Wildman–Crippen LogP) is 3.85. The van der Waals surface area contributed by atoms with Crippen molar-refractivity contribution in [3.8, 4) is 22.9 Å². The van der Waals surface area contributed by atoms with Crippen LogP contribution in [0.3, 0.4) is 0 Å². The highest BCUT2D eigenvalue weighted by molar-refractivity contribution is 7.10. The van der Waals surface area contributed by atoms with E-state index >= 15 is 0 Å². The average Bonchev–Trinajstić information content (AvgIpc) is 3.10. The van der Waals surface area contributed by atoms with Crippen molar-refractivity contribution >= 4 is 22.6 Å². The van der Waals surface area contributed by atoms with Crippen molar-refractivity contribution in [3.63, 3.8) is 0 Å². The quantitative estimate of drug-likeness (QED) is 0.714. The summed E-state index contributed by atoms with van der Waals surface area (Å²) in [7, 11) is 1.62. The van der Waals surface area contributed by atoms with Crippen LogP contribution in [0.15, 0.2) is 42.5 Å². The van der Waals surface area contributed by atoms with Gasteiger partial charge in [0.15, 0.2) is 12.4 Å². The molecule has 0 radical (unpaired) electrons. The number of carbonyl (C=O) groups excluding carboxylic acids is 1. The van der Waals surface area contributed by atoms with E-state index in [2.05, 4.69) is 14.7 Å². The fraction of sp³-hybridized carbons (Fsp3) is 0.211. The lowest BCUT2D eigenvalue weighted by Gasteiger charge is -2.11. The Bertz CT molecular complexity index is 886. The first kappa shape index (κ1) is 17.9. The molecule has 0 saturated carbocycles. The van der Waals surface area contributed by atoms with E-state index < -0.39 is 0 Å². The summed E-state index contributed by atoms with van der Waals surface area (Å²) in [5.41, 5.74) is 2.85. The summed E-state index contributed by atoms with van der Waals surface area (Å²) in [5, 5.41) is 3.16. The first-order chi connectivity index (χ1) is 12.6. The number of nitrogens with zero attached hydrogens (tertiary/aromatic N) is 2. The Morgan fingerprint density at radius 2 is 1.81 bits per heavy atom. The topological polar surface area (TPSA) is 73.3 Å². The average molecular weight is 369 g/mol. The fourth-order valence-corrected chi connectivity index (χ4v) is 3.06. The van der Waals surface area contributed by atoms with Gasteiger partial charge in [0.25, 0.3) is 5.91 Å². The molecule has 3 aromatic rings. The summed E-state index contributed by atoms with van der Waals surface area (Å²) in [6, 6.07) is 13.3. The van der Waals surface area contributed by atoms with Crippen LogP contribution in [0.5, 0.6) is 11.5 Å². The second kappa shape index (κ2) is 7.97. The summed E-state index contributed by atoms with van der Waals surface area (Å²) < 4.78 is 15.1. The number of anilines is 1. The van der Waals surface area contributed by atoms with Gasteiger partial charge in [-0.1, -0.05) is 18.2 Å². The first-order valence-electron chi connectivity index (χ1n) is 8.04. The molecule has 0 aliphatic carbocycles. The van der Waals surface area contributed by atoms with Crippen LogP contribution >= 0.6 is 11.5 Å². The normalized spacial score (nSPS) is 10.4. The lowest BCUT2D eigenvalue weighted by atomic mass is 10.1. The lowest BCUT2D eigenvalue weighted by Crippen LogP contribution is -2.20. The Balaban J connectivity index is 1.60. The van der Waals surface area contributed by atoms with Gasteiger partial charge in [0, 0.05) is 17.1 Å². The highest BCUT2D eigenvalue weighted by Gasteiger charge is 2.11. The first-order valence-corrected chi connectivity index (χ1v) is 8.81. The fourth-order valence-electron chi connectivity index (χ4n) is 2.45. The van der Waals surface area contributed by atoms with Crippen LogP contribution in [-0.4, -0.2) is 29.0 Å². The van der Waals surface area contributed by atoms with Gasteiger partial charge in [-0.2, -0.15) is 9.36 Å². The van der Waals surface area contributed by atoms with E-state index in [1.54, 1.807) is 7.11 Å². The van der Waals surface area contributed by atoms with Gasteiger partial charge < -0.3 is 9.47 Å². The number of hydrogen-bond donors (Lipinski definition) is 1. The molecular weight excluding hydrogens is 350 g/mol. The number of carbonyl (C=O) groups is 1. The Morgan fingerprint density at radius 3 is 2.46 bits per heavy atom. The van der Waals surface area contributed by atoms with Gasteiger partial charge in [0.2, 0.25) is 5.13 Å². The Labute approximate surface area is 156 Å². The van der Waals surface area contributed by atoms with Crippen LogP contribution in [0, 0.1) is 13.8 Å². The second-order valence-corrected chi connectivity index (χ2v) is 6.46. The molecule has 2 aromatic carbocycles. The van der Waals surface area contributed by atoms with Gasteiger partial charge in [-0.15, -0.1) is 0 Å². The molecule has 134 valence electrons. The Hall–Kier alpha value is -2.93. The number of rotatable bonds is 6. The largest absolute Gasteiger partial charge is 0.497 e. The number of nitrogens with one attached hydrogen (secondary N) is 1. The smallest absolute Gasteiger partial charge is 0.264 e. The number of benzene rings is 2. The number of aryl methyl sites for hydroxylation is 2. The van der Waals surface area contributed by atoms with Gasteiger partial charge >= 0.3 is 0 Å². The van der Waals surface area contributed by atoms with Crippen LogP contribution in [0.4, 0.5) is 5.13 Å². The van der Waals surface area contributed by atoms with E-state index in [9.17, 15) is 4.79 Å². The third-order valence-electron chi connectivity index (χ3n) is 3.78. The van der Waals surface area contributed by atoms with Crippen molar-refractivity contribution in [2.75, 3.05) is 19.0 Å². The molecule has 7 heteroatoms. The zero-order valence-corrected chi connectivity index (χ0v) is 15.6. The van der Waals surface area contributed by atoms with E-state index in [-0.39, 0.29) is 12.5 Å². The van der Waals surface area contributed by atoms with Crippen molar-refractivity contribution in [2.24, 2.45) is 0 Å². The molecule has 0 aliphatic heterocycles. The second-order valence-electron chi connectivity index (χ2n) is 5.71. The monoisotopic (exact) mass is 369 g/mol. The molecule has 0 unspecified atom stereocenters. The van der Waals surface area contributed by atoms with E-state index in [1.165, 1.54) is 0 Å². The van der Waals surface area contributed by atoms with Crippen LogP contribution in [0.2, 0.25) is 0 Å². The summed E-state index contributed by atoms with van der Waals surface area (Å²) in [6.07, 6.45) is 0. The number of para-hydroxylation sites is 1. The maximum atomic E-state index is 12.1. The number of amides is 1. The van der Waals surface area contributed by atoms with Gasteiger partial charge in [-0.25, -0.2) is 0 Å². The minimum absolute atomic E-state index is 0.0802. The molecule has 0 aliphatic rings. The van der Waals surface area contributed by atoms with E-state index in [4.69, 9.17) is 9.47 Å². The predicted molar refractivity (Wildman–Crippen MR) is 102 cm³/mol. The van der Waals surface area contributed by atoms with Gasteiger partial charge in [0.05, 0.1) is 7.11 Å². The molecule has 1 heterocycles. The lowest BCUT2D eigenvalue weighted by molar-refractivity contribution is -0.118. The van der Waals surface area contributed by atoms with Crippen molar-refractivity contribution in [3.05, 3.63) is 53.6 Å². The van der Waals surface area contributed by atoms with Gasteiger partial charge in [0.1, 0.15) is 11.5 Å². The van der Waals surface area contributed by atoms with Gasteiger partial charge in [-0.05, 0) is 49.2 Å². The van der Waals surface area contributed by atoms with Crippen LogP contribution in [-0.2, 0) is 4.79 Å². The zero-order chi connectivity index (χ0) is 18.5. The maximum absolute atomic E-state index is 12.1. The summed E-state index contributed by atoms with van der Waals surface area (Å²) in [4.78, 5) is 16.5. The number of aromatic nitrogens is 2. The van der Waals surface area contributed by atoms with Crippen LogP contribution in [0.1, 0.15) is 11.1 Å². The van der Waals surface area contributed by atoms with Gasteiger partial charge in [-0.3, -0.25) is 10.1 Å². The minimum atomic E-state index is -0.273. The molecule has 6 nitrogen and oxygen atoms in total. The molecule has 0 atom stereocenters. The molecule has 0 fully saturated rings. The molecule has 3 rings (SSSR count). The zero-order valence-electron chi connectivity index (χ0n) is 14.8. The van der Waals surface area contributed by atoms with Crippen molar-refractivity contribution < 1.29 is 14.3 Å². The van der Waals surface area contributed by atoms with E-state index in [0.29, 0.717) is 11.0 Å². The molecule has 1 amide bonds. The standard InChI is InChI=1S/C19H19N3O3S/c1-12-5-4-6-13(2)17(12)25-11-16(23)20-19-21-18(22-26-19)14-7-9-15(24-3)10-8-14/h4-10H,11H2,1-3H3,(H,20,21,22,23). The molecule has 0 bridgehead atoms. The SMILES string of the molecule is COc1ccc(-c2nsc(NC(=O)COc3c(C)cccc3C)n2)cc1. The highest BCUT2D eigenvalue weighted by Crippen LogP contribution is 2.24. The van der Waals surface area contributed by atoms with Crippen molar-refractivity contribution in [1.82, 2.24) is 9.36 Å². The summed E-state index contributed by atoms with van der Waals surface area (Å²) in [6.45, 7) is 3.82. The summed E-state index contributed by atoms with van der Waals surface area (Å²) >= 11 is 1.13. The van der Waals surface area contributed by atoms with Crippen molar-refractivity contribution in [2.45, 2.75) is 13.8 Å². The Morgan fingerprint density at radius 1 is 1.12 bits per heavy atom. The highest BCUT2D eigenvalue weighted by atomic mass is 32.1. The van der Waals surface area contributed by atoms with Crippen LogP contribution in [0.25, 0.3) is 11.4 Å². The maximum Gasteiger partial charge on any atom is 0.264 e. The van der Waals surface area contributed by atoms with Crippen LogP contribution < -0.4 is 14.8 Å². The molecular formula is C19H19N3O3S. The van der Waals surface area contributed by atoms with E-state index in [0.717, 1.165) is 39.7 Å². The third-order valence-corrected chi connectivity index (χ3v) is 4.41. The third kappa shape index (κ3) is 4.18. The molecule has 26 heavy (non-hydrogen) atoms. The molecule has 1 aromatic heterocycles.